The highest BCUT2D eigenvalue weighted by Gasteiger charge is 2.35. The van der Waals surface area contributed by atoms with Gasteiger partial charge in [0.25, 0.3) is 5.91 Å². The van der Waals surface area contributed by atoms with Gasteiger partial charge in [-0.25, -0.2) is 13.4 Å². The Labute approximate surface area is 159 Å². The summed E-state index contributed by atoms with van der Waals surface area (Å²) in [6.07, 6.45) is 3.69. The van der Waals surface area contributed by atoms with Crippen LogP contribution in [0.15, 0.2) is 35.5 Å². The number of sulfonamides is 1. The number of carbonyl (C=O) groups excluding carboxylic acids is 1. The average Bonchev–Trinajstić information content (AvgIpc) is 3.05. The molecule has 1 aromatic carbocycles. The first-order valence-electron chi connectivity index (χ1n) is 9.38. The molecule has 0 N–H and O–H groups in total. The van der Waals surface area contributed by atoms with E-state index < -0.39 is 10.0 Å². The van der Waals surface area contributed by atoms with Crippen molar-refractivity contribution in [2.45, 2.75) is 38.1 Å². The van der Waals surface area contributed by atoms with E-state index in [1.807, 2.05) is 4.90 Å². The smallest absolute Gasteiger partial charge is 0.274 e. The van der Waals surface area contributed by atoms with Crippen molar-refractivity contribution >= 4 is 15.9 Å². The van der Waals surface area contributed by atoms with Crippen molar-refractivity contribution in [3.8, 4) is 5.69 Å². The topological polar surface area (TPSA) is 75.5 Å². The lowest BCUT2D eigenvalue weighted by atomic mass is 10.00. The zero-order valence-electron chi connectivity index (χ0n) is 15.6. The molecule has 1 amide bonds. The average molecular weight is 388 g/mol. The van der Waals surface area contributed by atoms with E-state index in [0.29, 0.717) is 29.5 Å². The van der Waals surface area contributed by atoms with Crippen LogP contribution >= 0.6 is 0 Å². The molecule has 27 heavy (non-hydrogen) atoms. The Morgan fingerprint density at radius 1 is 1.30 bits per heavy atom. The minimum absolute atomic E-state index is 0.108. The van der Waals surface area contributed by atoms with Crippen LogP contribution in [-0.2, 0) is 16.6 Å². The first-order chi connectivity index (χ1) is 12.9. The van der Waals surface area contributed by atoms with Crippen molar-refractivity contribution < 1.29 is 13.2 Å². The summed E-state index contributed by atoms with van der Waals surface area (Å²) in [5, 5.41) is 0. The molecule has 3 heterocycles. The first-order valence-corrected chi connectivity index (χ1v) is 10.8. The van der Waals surface area contributed by atoms with Gasteiger partial charge in [0.05, 0.1) is 17.9 Å². The van der Waals surface area contributed by atoms with Crippen molar-refractivity contribution in [2.24, 2.45) is 5.92 Å². The van der Waals surface area contributed by atoms with Crippen LogP contribution in [0.2, 0.25) is 0 Å². The van der Waals surface area contributed by atoms with E-state index in [1.165, 1.54) is 4.31 Å². The quantitative estimate of drug-likeness (QED) is 0.791. The van der Waals surface area contributed by atoms with Gasteiger partial charge >= 0.3 is 0 Å². The maximum absolute atomic E-state index is 13.1. The second-order valence-corrected chi connectivity index (χ2v) is 9.21. The summed E-state index contributed by atoms with van der Waals surface area (Å²) in [5.74, 6) is 0.361. The van der Waals surface area contributed by atoms with E-state index >= 15 is 0 Å². The normalized spacial score (nSPS) is 22.0. The molecule has 0 radical (unpaired) electrons. The highest BCUT2D eigenvalue weighted by molar-refractivity contribution is 7.89. The van der Waals surface area contributed by atoms with Gasteiger partial charge < -0.3 is 4.90 Å². The van der Waals surface area contributed by atoms with Crippen LogP contribution in [-0.4, -0.2) is 52.7 Å². The molecule has 1 saturated heterocycles. The lowest BCUT2D eigenvalue weighted by Crippen LogP contribution is -2.40. The number of aromatic nitrogens is 2. The van der Waals surface area contributed by atoms with Crippen molar-refractivity contribution in [2.75, 3.05) is 19.6 Å². The Morgan fingerprint density at radius 3 is 2.81 bits per heavy atom. The Bertz CT molecular complexity index is 983. The van der Waals surface area contributed by atoms with E-state index in [9.17, 15) is 13.2 Å². The number of nitrogens with zero attached hydrogens (tertiary/aromatic N) is 4. The number of benzene rings is 1. The fraction of sp³-hybridized carbons (Fsp3) is 0.474. The van der Waals surface area contributed by atoms with Crippen LogP contribution in [0.3, 0.4) is 0 Å². The third-order valence-corrected chi connectivity index (χ3v) is 7.40. The van der Waals surface area contributed by atoms with Crippen molar-refractivity contribution in [3.63, 3.8) is 0 Å². The molecule has 7 nitrogen and oxygen atoms in total. The van der Waals surface area contributed by atoms with Gasteiger partial charge in [-0.05, 0) is 30.9 Å². The summed E-state index contributed by atoms with van der Waals surface area (Å²) in [7, 11) is -3.62. The molecule has 2 aliphatic heterocycles. The van der Waals surface area contributed by atoms with Crippen molar-refractivity contribution in [3.05, 3.63) is 42.0 Å². The Kier molecular flexibility index (Phi) is 4.55. The van der Waals surface area contributed by atoms with Gasteiger partial charge in [0.1, 0.15) is 11.2 Å². The number of piperidine rings is 1. The highest BCUT2D eigenvalue weighted by Crippen LogP contribution is 2.31. The third kappa shape index (κ3) is 2.96. The second kappa shape index (κ2) is 6.76. The van der Waals surface area contributed by atoms with Crippen molar-refractivity contribution in [1.29, 1.82) is 0 Å². The molecular weight excluding hydrogens is 364 g/mol. The lowest BCUT2D eigenvalue weighted by molar-refractivity contribution is 0.0675. The molecule has 144 valence electrons. The maximum atomic E-state index is 13.1. The number of amides is 1. The Balaban J connectivity index is 1.82. The summed E-state index contributed by atoms with van der Waals surface area (Å²) in [5.41, 5.74) is 1.53. The number of fused-ring (bicyclic) bond motifs is 3. The fourth-order valence-electron chi connectivity index (χ4n) is 3.98. The number of likely N-dealkylation sites (tertiary alicyclic amines) is 1. The predicted octanol–water partition coefficient (Wildman–Crippen LogP) is 2.27. The largest absolute Gasteiger partial charge is 0.337 e. The van der Waals surface area contributed by atoms with Crippen LogP contribution in [0.5, 0.6) is 0 Å². The van der Waals surface area contributed by atoms with Gasteiger partial charge in [0.15, 0.2) is 5.69 Å². The Hall–Kier alpha value is -2.19. The van der Waals surface area contributed by atoms with Crippen LogP contribution in [0.25, 0.3) is 5.69 Å². The molecule has 0 spiro atoms. The molecule has 1 unspecified atom stereocenters. The molecular formula is C19H24N4O3S. The molecule has 0 bridgehead atoms. The Morgan fingerprint density at radius 2 is 2.07 bits per heavy atom. The minimum Gasteiger partial charge on any atom is -0.337 e. The predicted molar refractivity (Wildman–Crippen MR) is 101 cm³/mol. The van der Waals surface area contributed by atoms with Crippen LogP contribution < -0.4 is 0 Å². The number of rotatable bonds is 2. The number of para-hydroxylation sites is 1. The molecule has 2 aromatic rings. The number of hydrogen-bond acceptors (Lipinski definition) is 4. The number of carbonyl (C=O) groups is 1. The van der Waals surface area contributed by atoms with Crippen LogP contribution in [0.4, 0.5) is 0 Å². The minimum atomic E-state index is -3.62. The van der Waals surface area contributed by atoms with Crippen molar-refractivity contribution in [1.82, 2.24) is 18.8 Å². The van der Waals surface area contributed by atoms with E-state index in [4.69, 9.17) is 0 Å². The molecule has 4 rings (SSSR count). The molecule has 1 fully saturated rings. The molecule has 1 atom stereocenters. The molecule has 0 aliphatic carbocycles. The van der Waals surface area contributed by atoms with Gasteiger partial charge in [-0.15, -0.1) is 0 Å². The SMILES string of the molecule is CCN1Cc2c(C(=O)N3CCCC(C)C3)ncn2-c2ccccc2S1(=O)=O. The zero-order valence-corrected chi connectivity index (χ0v) is 16.4. The van der Waals surface area contributed by atoms with Gasteiger partial charge in [-0.1, -0.05) is 26.0 Å². The maximum Gasteiger partial charge on any atom is 0.274 e. The molecule has 2 aliphatic rings. The van der Waals surface area contributed by atoms with E-state index in [0.717, 1.165) is 25.9 Å². The summed E-state index contributed by atoms with van der Waals surface area (Å²) in [4.78, 5) is 19.6. The van der Waals surface area contributed by atoms with Crippen LogP contribution in [0.1, 0.15) is 42.9 Å². The van der Waals surface area contributed by atoms with E-state index in [1.54, 1.807) is 42.1 Å². The highest BCUT2D eigenvalue weighted by atomic mass is 32.2. The lowest BCUT2D eigenvalue weighted by Gasteiger charge is -2.30. The fourth-order valence-corrected chi connectivity index (χ4v) is 5.57. The summed E-state index contributed by atoms with van der Waals surface area (Å²) in [6.45, 7) is 5.86. The van der Waals surface area contributed by atoms with Gasteiger partial charge in [0, 0.05) is 19.6 Å². The molecule has 0 saturated carbocycles. The third-order valence-electron chi connectivity index (χ3n) is 5.43. The first kappa shape index (κ1) is 18.2. The summed E-state index contributed by atoms with van der Waals surface area (Å²) >= 11 is 0. The number of imidazole rings is 1. The molecule has 8 heteroatoms. The van der Waals surface area contributed by atoms with Crippen LogP contribution in [0, 0.1) is 5.92 Å². The van der Waals surface area contributed by atoms with Gasteiger partial charge in [-0.3, -0.25) is 9.36 Å². The van der Waals surface area contributed by atoms with Gasteiger partial charge in [-0.2, -0.15) is 4.31 Å². The zero-order chi connectivity index (χ0) is 19.2. The molecule has 1 aromatic heterocycles. The van der Waals surface area contributed by atoms with Gasteiger partial charge in [0.2, 0.25) is 10.0 Å². The van der Waals surface area contributed by atoms with E-state index in [-0.39, 0.29) is 17.3 Å². The number of hydrogen-bond donors (Lipinski definition) is 0. The second-order valence-electron chi connectivity index (χ2n) is 7.31. The van der Waals surface area contributed by atoms with E-state index in [2.05, 4.69) is 11.9 Å². The summed E-state index contributed by atoms with van der Waals surface area (Å²) in [6, 6.07) is 6.88. The standard InChI is InChI=1S/C19H24N4O3S/c1-3-22-12-16-18(19(24)21-10-6-7-14(2)11-21)20-13-23(16)15-8-4-5-9-17(15)27(22,25)26/h4-5,8-9,13-14H,3,6-7,10-12H2,1-2H3. The summed E-state index contributed by atoms with van der Waals surface area (Å²) < 4.78 is 29.2. The monoisotopic (exact) mass is 388 g/mol.